The van der Waals surface area contributed by atoms with Crippen molar-refractivity contribution in [3.05, 3.63) is 53.6 Å². The van der Waals surface area contributed by atoms with E-state index >= 15 is 0 Å². The fourth-order valence-corrected chi connectivity index (χ4v) is 5.20. The third kappa shape index (κ3) is 4.66. The molecule has 0 bridgehead atoms. The molecule has 6 heteroatoms. The third-order valence-electron chi connectivity index (χ3n) is 7.34. The van der Waals surface area contributed by atoms with Crippen LogP contribution in [0.4, 0.5) is 0 Å². The molecule has 6 nitrogen and oxygen atoms in total. The molecule has 2 heterocycles. The Labute approximate surface area is 196 Å². The molecule has 0 amide bonds. The number of imidazole rings is 1. The van der Waals surface area contributed by atoms with Crippen LogP contribution < -0.4 is 4.74 Å². The number of fused-ring (bicyclic) bond motifs is 3. The van der Waals surface area contributed by atoms with E-state index in [1.807, 2.05) is 30.7 Å². The smallest absolute Gasteiger partial charge is 0.315 e. The van der Waals surface area contributed by atoms with Gasteiger partial charge >= 0.3 is 5.97 Å². The number of phenols is 1. The number of carbonyl (C=O) groups is 1. The number of unbranched alkanes of at least 4 members (excludes halogenated alkanes) is 1. The summed E-state index contributed by atoms with van der Waals surface area (Å²) in [7, 11) is 0. The average Bonchev–Trinajstić information content (AvgIpc) is 3.25. The Hall–Kier alpha value is -2.76. The topological polar surface area (TPSA) is 73.6 Å². The number of aromatic hydroxyl groups is 1. The van der Waals surface area contributed by atoms with Gasteiger partial charge in [-0.2, -0.15) is 0 Å². The maximum atomic E-state index is 13.0. The van der Waals surface area contributed by atoms with Gasteiger partial charge < -0.3 is 19.1 Å². The summed E-state index contributed by atoms with van der Waals surface area (Å²) in [6.07, 6.45) is 11.3. The molecule has 33 heavy (non-hydrogen) atoms. The van der Waals surface area contributed by atoms with E-state index in [4.69, 9.17) is 9.47 Å². The first-order valence-corrected chi connectivity index (χ1v) is 11.9. The molecule has 0 spiro atoms. The lowest BCUT2D eigenvalue weighted by atomic mass is 9.67. The summed E-state index contributed by atoms with van der Waals surface area (Å²) in [5, 5.41) is 11.1. The summed E-state index contributed by atoms with van der Waals surface area (Å²) in [5.74, 6) is 1.13. The van der Waals surface area contributed by atoms with Gasteiger partial charge in [-0.1, -0.05) is 11.6 Å². The van der Waals surface area contributed by atoms with Crippen molar-refractivity contribution in [3.8, 4) is 11.5 Å². The quantitative estimate of drug-likeness (QED) is 0.341. The standard InChI is InChI=1S/C27H36N2O4/c1-18-8-9-21-20(14-18)24-22(30)15-19(16-23(24)33-27(21,4)5)26(2,3)25(31)32-13-7-6-11-29-12-10-28-17-29/h8,10,12,15-17,20-21,30H,6-7,9,11,13-14H2,1-5H3. The van der Waals surface area contributed by atoms with E-state index in [0.29, 0.717) is 23.8 Å². The van der Waals surface area contributed by atoms with Gasteiger partial charge in [0, 0.05) is 36.3 Å². The zero-order valence-corrected chi connectivity index (χ0v) is 20.4. The number of allylic oxidation sites excluding steroid dienone is 2. The SMILES string of the molecule is CC1=CCC2C(C1)c1c(O)cc(C(C)(C)C(=O)OCCCCn3ccnc3)cc1OC2(C)C. The van der Waals surface area contributed by atoms with Crippen LogP contribution in [0.5, 0.6) is 11.5 Å². The number of rotatable bonds is 7. The molecule has 1 aromatic heterocycles. The third-order valence-corrected chi connectivity index (χ3v) is 7.34. The van der Waals surface area contributed by atoms with Crippen LogP contribution in [0.2, 0.25) is 0 Å². The van der Waals surface area contributed by atoms with E-state index in [2.05, 4.69) is 31.8 Å². The van der Waals surface area contributed by atoms with Gasteiger partial charge in [-0.3, -0.25) is 4.79 Å². The number of phenolic OH excluding ortho intramolecular Hbond substituents is 1. The van der Waals surface area contributed by atoms with Crippen molar-refractivity contribution in [2.45, 2.75) is 83.8 Å². The van der Waals surface area contributed by atoms with Gasteiger partial charge in [0.05, 0.1) is 18.3 Å². The second-order valence-electron chi connectivity index (χ2n) is 10.6. The van der Waals surface area contributed by atoms with Crippen LogP contribution >= 0.6 is 0 Å². The molecule has 4 rings (SSSR count). The van der Waals surface area contributed by atoms with Gasteiger partial charge in [-0.15, -0.1) is 0 Å². The van der Waals surface area contributed by atoms with Crippen LogP contribution in [0.15, 0.2) is 42.5 Å². The van der Waals surface area contributed by atoms with Crippen LogP contribution in [0, 0.1) is 5.92 Å². The number of benzene rings is 1. The Kier molecular flexibility index (Phi) is 6.30. The Balaban J connectivity index is 1.48. The summed E-state index contributed by atoms with van der Waals surface area (Å²) in [5.41, 5.74) is 1.68. The number of nitrogens with zero attached hydrogens (tertiary/aromatic N) is 2. The van der Waals surface area contributed by atoms with Crippen LogP contribution in [0.3, 0.4) is 0 Å². The molecule has 2 unspecified atom stereocenters. The molecule has 1 aliphatic carbocycles. The predicted molar refractivity (Wildman–Crippen MR) is 127 cm³/mol. The molecule has 0 radical (unpaired) electrons. The number of aryl methyl sites for hydroxylation is 1. The minimum Gasteiger partial charge on any atom is -0.508 e. The lowest BCUT2D eigenvalue weighted by molar-refractivity contribution is -0.149. The van der Waals surface area contributed by atoms with Gasteiger partial charge in [0.25, 0.3) is 0 Å². The summed E-state index contributed by atoms with van der Waals surface area (Å²) in [6, 6.07) is 3.66. The molecule has 0 saturated carbocycles. The zero-order chi connectivity index (χ0) is 23.8. The lowest BCUT2D eigenvalue weighted by Crippen LogP contribution is -2.45. The van der Waals surface area contributed by atoms with Crippen molar-refractivity contribution < 1.29 is 19.4 Å². The molecule has 1 N–H and O–H groups in total. The van der Waals surface area contributed by atoms with Crippen LogP contribution in [-0.4, -0.2) is 32.8 Å². The molecule has 1 aliphatic heterocycles. The van der Waals surface area contributed by atoms with Crippen molar-refractivity contribution in [2.75, 3.05) is 6.61 Å². The normalized spacial score (nSPS) is 21.4. The summed E-state index contributed by atoms with van der Waals surface area (Å²) >= 11 is 0. The zero-order valence-electron chi connectivity index (χ0n) is 20.4. The van der Waals surface area contributed by atoms with E-state index in [1.165, 1.54) is 5.57 Å². The number of carbonyl (C=O) groups excluding carboxylic acids is 1. The molecular formula is C27H36N2O4. The number of aromatic nitrogens is 2. The molecular weight excluding hydrogens is 416 g/mol. The molecule has 2 aliphatic rings. The van der Waals surface area contributed by atoms with E-state index in [1.54, 1.807) is 18.6 Å². The molecule has 2 atom stereocenters. The molecule has 178 valence electrons. The number of hydrogen-bond donors (Lipinski definition) is 1. The summed E-state index contributed by atoms with van der Waals surface area (Å²) < 4.78 is 14.0. The van der Waals surface area contributed by atoms with Gasteiger partial charge in [0.2, 0.25) is 0 Å². The Morgan fingerprint density at radius 1 is 1.33 bits per heavy atom. The summed E-state index contributed by atoms with van der Waals surface area (Å²) in [6.45, 7) is 11.3. The van der Waals surface area contributed by atoms with Gasteiger partial charge in [-0.25, -0.2) is 4.98 Å². The Bertz CT molecular complexity index is 1040. The second kappa shape index (κ2) is 8.88. The molecule has 2 aromatic rings. The lowest BCUT2D eigenvalue weighted by Gasteiger charge is -2.47. The van der Waals surface area contributed by atoms with Crippen molar-refractivity contribution in [1.82, 2.24) is 9.55 Å². The van der Waals surface area contributed by atoms with E-state index in [-0.39, 0.29) is 23.2 Å². The Morgan fingerprint density at radius 2 is 2.12 bits per heavy atom. The van der Waals surface area contributed by atoms with Crippen molar-refractivity contribution >= 4 is 5.97 Å². The van der Waals surface area contributed by atoms with E-state index < -0.39 is 5.41 Å². The van der Waals surface area contributed by atoms with Crippen molar-refractivity contribution in [2.24, 2.45) is 5.92 Å². The minimum atomic E-state index is -0.899. The molecule has 0 saturated heterocycles. The van der Waals surface area contributed by atoms with Gasteiger partial charge in [-0.05, 0) is 78.0 Å². The average molecular weight is 453 g/mol. The Morgan fingerprint density at radius 3 is 2.85 bits per heavy atom. The molecule has 1 aromatic carbocycles. The van der Waals surface area contributed by atoms with Crippen LogP contribution in [-0.2, 0) is 21.5 Å². The summed E-state index contributed by atoms with van der Waals surface area (Å²) in [4.78, 5) is 17.0. The fraction of sp³-hybridized carbons (Fsp3) is 0.556. The highest BCUT2D eigenvalue weighted by Gasteiger charge is 2.46. The fourth-order valence-electron chi connectivity index (χ4n) is 5.20. The number of hydrogen-bond acceptors (Lipinski definition) is 5. The molecule has 0 fully saturated rings. The van der Waals surface area contributed by atoms with E-state index in [0.717, 1.165) is 37.8 Å². The first kappa shape index (κ1) is 23.4. The number of ether oxygens (including phenoxy) is 2. The number of esters is 1. The van der Waals surface area contributed by atoms with Crippen molar-refractivity contribution in [3.63, 3.8) is 0 Å². The first-order chi connectivity index (χ1) is 15.6. The largest absolute Gasteiger partial charge is 0.508 e. The highest BCUT2D eigenvalue weighted by atomic mass is 16.5. The van der Waals surface area contributed by atoms with Crippen molar-refractivity contribution in [1.29, 1.82) is 0 Å². The predicted octanol–water partition coefficient (Wildman–Crippen LogP) is 5.50. The highest BCUT2D eigenvalue weighted by molar-refractivity contribution is 5.82. The van der Waals surface area contributed by atoms with Crippen LogP contribution in [0.1, 0.15) is 77.3 Å². The van der Waals surface area contributed by atoms with Gasteiger partial charge in [0.15, 0.2) is 0 Å². The highest BCUT2D eigenvalue weighted by Crippen LogP contribution is 2.54. The van der Waals surface area contributed by atoms with E-state index in [9.17, 15) is 9.90 Å². The second-order valence-corrected chi connectivity index (χ2v) is 10.6. The maximum Gasteiger partial charge on any atom is 0.315 e. The minimum absolute atomic E-state index is 0.212. The van der Waals surface area contributed by atoms with Crippen LogP contribution in [0.25, 0.3) is 0 Å². The maximum absolute atomic E-state index is 13.0. The first-order valence-electron chi connectivity index (χ1n) is 11.9. The van der Waals surface area contributed by atoms with Gasteiger partial charge in [0.1, 0.15) is 17.1 Å². The monoisotopic (exact) mass is 452 g/mol.